The summed E-state index contributed by atoms with van der Waals surface area (Å²) in [6, 6.07) is 7.85. The van der Waals surface area contributed by atoms with Crippen LogP contribution in [0.2, 0.25) is 20.1 Å². The van der Waals surface area contributed by atoms with Crippen LogP contribution < -0.4 is 10.6 Å². The number of hydrogen-bond donors (Lipinski definition) is 3. The summed E-state index contributed by atoms with van der Waals surface area (Å²) in [6.45, 7) is 0. The Labute approximate surface area is 146 Å². The summed E-state index contributed by atoms with van der Waals surface area (Å²) < 4.78 is 0. The van der Waals surface area contributed by atoms with Gasteiger partial charge in [-0.25, -0.2) is 0 Å². The first-order valence-corrected chi connectivity index (χ1v) is 7.49. The average molecular weight is 382 g/mol. The molecule has 3 nitrogen and oxygen atoms in total. The van der Waals surface area contributed by atoms with Gasteiger partial charge in [-0.15, -0.1) is 0 Å². The van der Waals surface area contributed by atoms with Crippen LogP contribution in [0.15, 0.2) is 30.3 Å². The van der Waals surface area contributed by atoms with Crippen LogP contribution in [0.3, 0.4) is 0 Å². The topological polar surface area (TPSA) is 44.3 Å². The maximum absolute atomic E-state index is 9.84. The van der Waals surface area contributed by atoms with Gasteiger partial charge in [0.15, 0.2) is 10.9 Å². The molecule has 0 saturated carbocycles. The lowest BCUT2D eigenvalue weighted by Gasteiger charge is -2.13. The first-order chi connectivity index (χ1) is 9.85. The molecular weight excluding hydrogens is 374 g/mol. The van der Waals surface area contributed by atoms with Crippen LogP contribution in [-0.4, -0.2) is 10.2 Å². The van der Waals surface area contributed by atoms with Crippen LogP contribution in [0, 0.1) is 0 Å². The fraction of sp³-hybridized carbons (Fsp3) is 0. The minimum Gasteiger partial charge on any atom is -0.504 e. The lowest BCUT2D eigenvalue weighted by atomic mass is 10.3. The highest BCUT2D eigenvalue weighted by Crippen LogP contribution is 2.35. The second-order valence-electron chi connectivity index (χ2n) is 4.02. The van der Waals surface area contributed by atoms with E-state index in [4.69, 9.17) is 58.6 Å². The van der Waals surface area contributed by atoms with Crippen molar-refractivity contribution < 1.29 is 5.11 Å². The minimum atomic E-state index is -0.144. The van der Waals surface area contributed by atoms with Crippen molar-refractivity contribution in [2.75, 3.05) is 10.6 Å². The largest absolute Gasteiger partial charge is 0.504 e. The number of thiocarbonyl (C=S) groups is 1. The zero-order valence-corrected chi connectivity index (χ0v) is 14.1. The third kappa shape index (κ3) is 4.53. The zero-order valence-electron chi connectivity index (χ0n) is 10.3. The Bertz CT molecular complexity index is 689. The smallest absolute Gasteiger partial charge is 0.175 e. The van der Waals surface area contributed by atoms with E-state index in [1.165, 1.54) is 12.1 Å². The number of rotatable bonds is 2. The molecule has 0 spiro atoms. The molecule has 0 radical (unpaired) electrons. The van der Waals surface area contributed by atoms with Crippen molar-refractivity contribution in [1.82, 2.24) is 0 Å². The highest BCUT2D eigenvalue weighted by atomic mass is 35.5. The van der Waals surface area contributed by atoms with Crippen molar-refractivity contribution in [3.05, 3.63) is 50.4 Å². The average Bonchev–Trinajstić information content (AvgIpc) is 2.33. The van der Waals surface area contributed by atoms with Gasteiger partial charge in [0, 0.05) is 20.8 Å². The van der Waals surface area contributed by atoms with Crippen LogP contribution in [0.1, 0.15) is 0 Å². The Morgan fingerprint density at radius 2 is 1.43 bits per heavy atom. The molecular formula is C13H8Cl4N2OS. The standard InChI is InChI=1S/C13H8Cl4N2OS/c14-6-1-7(15)3-9(2-6)18-13(21)19-11-5-8(16)4-10(17)12(11)20/h1-5,20H,(H2,18,19,21). The Hall–Kier alpha value is -0.910. The number of halogens is 4. The molecule has 0 aliphatic rings. The van der Waals surface area contributed by atoms with E-state index in [9.17, 15) is 5.11 Å². The van der Waals surface area contributed by atoms with Crippen molar-refractivity contribution >= 4 is 75.1 Å². The van der Waals surface area contributed by atoms with Crippen molar-refractivity contribution in [1.29, 1.82) is 0 Å². The quantitative estimate of drug-likeness (QED) is 0.453. The molecule has 0 bridgehead atoms. The van der Waals surface area contributed by atoms with Crippen molar-refractivity contribution in [2.45, 2.75) is 0 Å². The van der Waals surface area contributed by atoms with Gasteiger partial charge in [0.25, 0.3) is 0 Å². The third-order valence-electron chi connectivity index (χ3n) is 2.40. The second kappa shape index (κ2) is 6.90. The van der Waals surface area contributed by atoms with Gasteiger partial charge in [-0.05, 0) is 42.5 Å². The molecule has 2 rings (SSSR count). The Morgan fingerprint density at radius 1 is 0.857 bits per heavy atom. The summed E-state index contributed by atoms with van der Waals surface area (Å²) in [5.41, 5.74) is 0.899. The van der Waals surface area contributed by atoms with Crippen LogP contribution in [0.25, 0.3) is 0 Å². The first kappa shape index (κ1) is 16.5. The van der Waals surface area contributed by atoms with Crippen LogP contribution in [0.4, 0.5) is 11.4 Å². The number of benzene rings is 2. The maximum atomic E-state index is 9.84. The second-order valence-corrected chi connectivity index (χ2v) is 6.15. The summed E-state index contributed by atoms with van der Waals surface area (Å²) in [7, 11) is 0. The van der Waals surface area contributed by atoms with Gasteiger partial charge < -0.3 is 15.7 Å². The summed E-state index contributed by atoms with van der Waals surface area (Å²) in [5, 5.41) is 17.2. The van der Waals surface area contributed by atoms with E-state index in [0.29, 0.717) is 20.8 Å². The predicted octanol–water partition coefficient (Wildman–Crippen LogP) is 5.81. The molecule has 0 aliphatic carbocycles. The number of anilines is 2. The zero-order chi connectivity index (χ0) is 15.6. The normalized spacial score (nSPS) is 10.3. The van der Waals surface area contributed by atoms with E-state index >= 15 is 0 Å². The van der Waals surface area contributed by atoms with Gasteiger partial charge in [0.2, 0.25) is 0 Å². The predicted molar refractivity (Wildman–Crippen MR) is 94.4 cm³/mol. The summed E-state index contributed by atoms with van der Waals surface area (Å²) in [4.78, 5) is 0. The molecule has 0 amide bonds. The fourth-order valence-corrected chi connectivity index (χ4v) is 2.82. The molecule has 21 heavy (non-hydrogen) atoms. The van der Waals surface area contributed by atoms with Crippen LogP contribution in [-0.2, 0) is 0 Å². The lowest BCUT2D eigenvalue weighted by Crippen LogP contribution is -2.19. The molecule has 0 saturated heterocycles. The molecule has 3 N–H and O–H groups in total. The van der Waals surface area contributed by atoms with E-state index in [0.717, 1.165) is 0 Å². The van der Waals surface area contributed by atoms with Crippen LogP contribution >= 0.6 is 58.6 Å². The molecule has 0 aliphatic heterocycles. The van der Waals surface area contributed by atoms with Gasteiger partial charge in [0.1, 0.15) is 0 Å². The number of aromatic hydroxyl groups is 1. The lowest BCUT2D eigenvalue weighted by molar-refractivity contribution is 0.478. The molecule has 110 valence electrons. The Kier molecular flexibility index (Phi) is 5.41. The minimum absolute atomic E-state index is 0.124. The number of phenols is 1. The summed E-state index contributed by atoms with van der Waals surface area (Å²) in [6.07, 6.45) is 0. The number of nitrogens with one attached hydrogen (secondary N) is 2. The van der Waals surface area contributed by atoms with E-state index < -0.39 is 0 Å². The molecule has 2 aromatic carbocycles. The number of phenolic OH excluding ortho intramolecular Hbond substituents is 1. The van der Waals surface area contributed by atoms with Gasteiger partial charge in [-0.2, -0.15) is 0 Å². The first-order valence-electron chi connectivity index (χ1n) is 5.57. The van der Waals surface area contributed by atoms with Gasteiger partial charge >= 0.3 is 0 Å². The highest BCUT2D eigenvalue weighted by Gasteiger charge is 2.09. The highest BCUT2D eigenvalue weighted by molar-refractivity contribution is 7.80. The van der Waals surface area contributed by atoms with E-state index in [1.54, 1.807) is 18.2 Å². The molecule has 0 heterocycles. The molecule has 0 unspecified atom stereocenters. The monoisotopic (exact) mass is 380 g/mol. The summed E-state index contributed by atoms with van der Waals surface area (Å²) >= 11 is 28.6. The molecule has 0 atom stereocenters. The summed E-state index contributed by atoms with van der Waals surface area (Å²) in [5.74, 6) is -0.144. The van der Waals surface area contributed by atoms with Gasteiger partial charge in [0.05, 0.1) is 10.7 Å². The van der Waals surface area contributed by atoms with Crippen molar-refractivity contribution in [2.24, 2.45) is 0 Å². The number of hydrogen-bond acceptors (Lipinski definition) is 2. The van der Waals surface area contributed by atoms with Crippen molar-refractivity contribution in [3.63, 3.8) is 0 Å². The molecule has 0 aromatic heterocycles. The maximum Gasteiger partial charge on any atom is 0.175 e. The van der Waals surface area contributed by atoms with Gasteiger partial charge in [-0.3, -0.25) is 0 Å². The van der Waals surface area contributed by atoms with Gasteiger partial charge in [-0.1, -0.05) is 46.4 Å². The SMILES string of the molecule is Oc1c(Cl)cc(Cl)cc1NC(=S)Nc1cc(Cl)cc(Cl)c1. The molecule has 2 aromatic rings. The van der Waals surface area contributed by atoms with E-state index in [2.05, 4.69) is 10.6 Å². The third-order valence-corrected chi connectivity index (χ3v) is 3.54. The van der Waals surface area contributed by atoms with E-state index in [1.807, 2.05) is 0 Å². The van der Waals surface area contributed by atoms with E-state index in [-0.39, 0.29) is 21.6 Å². The van der Waals surface area contributed by atoms with Crippen molar-refractivity contribution in [3.8, 4) is 5.75 Å². The van der Waals surface area contributed by atoms with Crippen LogP contribution in [0.5, 0.6) is 5.75 Å². The molecule has 8 heteroatoms. The Morgan fingerprint density at radius 3 is 2.05 bits per heavy atom. The fourth-order valence-electron chi connectivity index (χ4n) is 1.57. The Balaban J connectivity index is 2.15. The molecule has 0 fully saturated rings.